The Morgan fingerprint density at radius 2 is 1.67 bits per heavy atom. The van der Waals surface area contributed by atoms with E-state index < -0.39 is 10.0 Å². The second kappa shape index (κ2) is 5.38. The molecule has 6 heteroatoms. The van der Waals surface area contributed by atoms with E-state index in [0.717, 1.165) is 16.8 Å². The van der Waals surface area contributed by atoms with Gasteiger partial charge in [0.15, 0.2) is 0 Å². The molecule has 0 aliphatic heterocycles. The van der Waals surface area contributed by atoms with Gasteiger partial charge < -0.3 is 11.1 Å². The minimum absolute atomic E-state index is 0.0373. The van der Waals surface area contributed by atoms with Crippen molar-refractivity contribution in [3.8, 4) is 0 Å². The smallest absolute Gasteiger partial charge is 0.238 e. The first-order valence-electron chi connectivity index (χ1n) is 6.46. The van der Waals surface area contributed by atoms with Gasteiger partial charge >= 0.3 is 0 Å². The second-order valence-corrected chi connectivity index (χ2v) is 6.64. The molecule has 0 bridgehead atoms. The molecule has 0 unspecified atom stereocenters. The summed E-state index contributed by atoms with van der Waals surface area (Å²) in [6.45, 7) is 5.72. The molecule has 0 spiro atoms. The van der Waals surface area contributed by atoms with Gasteiger partial charge in [-0.1, -0.05) is 12.1 Å². The highest BCUT2D eigenvalue weighted by Crippen LogP contribution is 2.30. The van der Waals surface area contributed by atoms with Gasteiger partial charge in [0.05, 0.1) is 4.90 Å². The number of hydrogen-bond acceptors (Lipinski definition) is 4. The Morgan fingerprint density at radius 1 is 1.00 bits per heavy atom. The summed E-state index contributed by atoms with van der Waals surface area (Å²) in [7, 11) is -3.81. The summed E-state index contributed by atoms with van der Waals surface area (Å²) in [6, 6.07) is 8.96. The normalized spacial score (nSPS) is 11.4. The number of nitrogen functional groups attached to an aromatic ring is 1. The third-order valence-corrected chi connectivity index (χ3v) is 4.60. The molecule has 2 rings (SSSR count). The molecule has 0 atom stereocenters. The van der Waals surface area contributed by atoms with Gasteiger partial charge in [0, 0.05) is 17.1 Å². The number of anilines is 3. The highest BCUT2D eigenvalue weighted by atomic mass is 32.2. The summed E-state index contributed by atoms with van der Waals surface area (Å²) in [6.07, 6.45) is 0. The number of primary sulfonamides is 1. The maximum Gasteiger partial charge on any atom is 0.238 e. The lowest BCUT2D eigenvalue weighted by molar-refractivity contribution is 0.597. The molecule has 112 valence electrons. The zero-order chi connectivity index (χ0) is 15.8. The molecule has 0 saturated heterocycles. The van der Waals surface area contributed by atoms with Crippen LogP contribution < -0.4 is 16.2 Å². The fraction of sp³-hybridized carbons (Fsp3) is 0.200. The fourth-order valence-corrected chi connectivity index (χ4v) is 3.00. The summed E-state index contributed by atoms with van der Waals surface area (Å²) in [5.41, 5.74) is 10.5. The van der Waals surface area contributed by atoms with Crippen LogP contribution in [0.25, 0.3) is 0 Å². The van der Waals surface area contributed by atoms with Crippen molar-refractivity contribution >= 4 is 27.1 Å². The second-order valence-electron chi connectivity index (χ2n) is 5.11. The number of aryl methyl sites for hydroxylation is 1. The molecular weight excluding hydrogens is 286 g/mol. The standard InChI is InChI=1S/C15H19N3O2S/c1-9-5-4-6-13(10(9)2)18-14-7-12(16)8-15(11(14)3)21(17,19)20/h4-8,18H,16H2,1-3H3,(H2,17,19,20). The SMILES string of the molecule is Cc1cccc(Nc2cc(N)cc(S(N)(=O)=O)c2C)c1C. The van der Waals surface area contributed by atoms with E-state index in [-0.39, 0.29) is 4.90 Å². The first-order chi connectivity index (χ1) is 9.70. The summed E-state index contributed by atoms with van der Waals surface area (Å²) in [5, 5.41) is 8.47. The van der Waals surface area contributed by atoms with E-state index in [1.54, 1.807) is 13.0 Å². The molecule has 21 heavy (non-hydrogen) atoms. The predicted octanol–water partition coefficient (Wildman–Crippen LogP) is 2.59. The van der Waals surface area contributed by atoms with Gasteiger partial charge in [-0.25, -0.2) is 13.6 Å². The zero-order valence-corrected chi connectivity index (χ0v) is 13.1. The van der Waals surface area contributed by atoms with Crippen molar-refractivity contribution in [2.45, 2.75) is 25.7 Å². The first kappa shape index (κ1) is 15.3. The van der Waals surface area contributed by atoms with Gasteiger partial charge in [0.2, 0.25) is 10.0 Å². The third kappa shape index (κ3) is 3.17. The van der Waals surface area contributed by atoms with Gasteiger partial charge in [-0.05, 0) is 55.7 Å². The van der Waals surface area contributed by atoms with Crippen LogP contribution in [-0.4, -0.2) is 8.42 Å². The highest BCUT2D eigenvalue weighted by Gasteiger charge is 2.16. The molecule has 0 aliphatic carbocycles. The van der Waals surface area contributed by atoms with E-state index in [1.165, 1.54) is 6.07 Å². The van der Waals surface area contributed by atoms with Gasteiger partial charge in [0.25, 0.3) is 0 Å². The van der Waals surface area contributed by atoms with Crippen LogP contribution in [0.3, 0.4) is 0 Å². The molecule has 0 radical (unpaired) electrons. The number of hydrogen-bond donors (Lipinski definition) is 3. The molecule has 2 aromatic rings. The highest BCUT2D eigenvalue weighted by molar-refractivity contribution is 7.89. The Kier molecular flexibility index (Phi) is 3.93. The lowest BCUT2D eigenvalue weighted by Crippen LogP contribution is -2.15. The largest absolute Gasteiger partial charge is 0.399 e. The van der Waals surface area contributed by atoms with E-state index >= 15 is 0 Å². The summed E-state index contributed by atoms with van der Waals surface area (Å²) < 4.78 is 23.3. The molecule has 0 heterocycles. The summed E-state index contributed by atoms with van der Waals surface area (Å²) in [4.78, 5) is 0.0373. The van der Waals surface area contributed by atoms with Gasteiger partial charge in [-0.15, -0.1) is 0 Å². The summed E-state index contributed by atoms with van der Waals surface area (Å²) >= 11 is 0. The molecule has 2 aromatic carbocycles. The molecule has 0 aromatic heterocycles. The minimum Gasteiger partial charge on any atom is -0.399 e. The Balaban J connectivity index is 2.55. The quantitative estimate of drug-likeness (QED) is 0.759. The van der Waals surface area contributed by atoms with Gasteiger partial charge in [0.1, 0.15) is 0 Å². The monoisotopic (exact) mass is 305 g/mol. The molecular formula is C15H19N3O2S. The van der Waals surface area contributed by atoms with E-state index in [2.05, 4.69) is 5.32 Å². The van der Waals surface area contributed by atoms with Crippen molar-refractivity contribution in [2.75, 3.05) is 11.1 Å². The lowest BCUT2D eigenvalue weighted by atomic mass is 10.1. The van der Waals surface area contributed by atoms with Gasteiger partial charge in [-0.2, -0.15) is 0 Å². The Bertz CT molecular complexity index is 799. The number of rotatable bonds is 3. The molecule has 0 aliphatic rings. The Hall–Kier alpha value is -2.05. The number of nitrogens with two attached hydrogens (primary N) is 2. The van der Waals surface area contributed by atoms with Crippen LogP contribution in [0.15, 0.2) is 35.2 Å². The Morgan fingerprint density at radius 3 is 2.29 bits per heavy atom. The average Bonchev–Trinajstić information content (AvgIpc) is 2.37. The van der Waals surface area contributed by atoms with Crippen molar-refractivity contribution in [1.82, 2.24) is 0 Å². The van der Waals surface area contributed by atoms with E-state index in [4.69, 9.17) is 10.9 Å². The topological polar surface area (TPSA) is 98.2 Å². The summed E-state index contributed by atoms with van der Waals surface area (Å²) in [5.74, 6) is 0. The van der Waals surface area contributed by atoms with Crippen LogP contribution in [-0.2, 0) is 10.0 Å². The van der Waals surface area contributed by atoms with Crippen molar-refractivity contribution in [2.24, 2.45) is 5.14 Å². The van der Waals surface area contributed by atoms with Gasteiger partial charge in [-0.3, -0.25) is 0 Å². The number of nitrogens with one attached hydrogen (secondary N) is 1. The molecule has 0 saturated carbocycles. The number of sulfonamides is 1. The van der Waals surface area contributed by atoms with Crippen LogP contribution in [0.4, 0.5) is 17.1 Å². The minimum atomic E-state index is -3.81. The van der Waals surface area contributed by atoms with E-state index in [1.807, 2.05) is 32.0 Å². The zero-order valence-electron chi connectivity index (χ0n) is 12.3. The molecule has 5 N–H and O–H groups in total. The fourth-order valence-electron chi connectivity index (χ4n) is 2.17. The van der Waals surface area contributed by atoms with E-state index in [0.29, 0.717) is 16.9 Å². The van der Waals surface area contributed by atoms with Crippen molar-refractivity contribution in [1.29, 1.82) is 0 Å². The molecule has 0 fully saturated rings. The van der Waals surface area contributed by atoms with Crippen molar-refractivity contribution in [3.05, 3.63) is 47.0 Å². The maximum absolute atomic E-state index is 11.6. The van der Waals surface area contributed by atoms with Crippen LogP contribution >= 0.6 is 0 Å². The lowest BCUT2D eigenvalue weighted by Gasteiger charge is -2.16. The number of benzene rings is 2. The van der Waals surface area contributed by atoms with Crippen LogP contribution in [0.5, 0.6) is 0 Å². The maximum atomic E-state index is 11.6. The van der Waals surface area contributed by atoms with Crippen molar-refractivity contribution in [3.63, 3.8) is 0 Å². The average molecular weight is 305 g/mol. The molecule has 0 amide bonds. The van der Waals surface area contributed by atoms with E-state index in [9.17, 15) is 8.42 Å². The van der Waals surface area contributed by atoms with Crippen LogP contribution in [0.1, 0.15) is 16.7 Å². The van der Waals surface area contributed by atoms with Crippen molar-refractivity contribution < 1.29 is 8.42 Å². The third-order valence-electron chi connectivity index (χ3n) is 3.56. The first-order valence-corrected chi connectivity index (χ1v) is 8.01. The predicted molar refractivity (Wildman–Crippen MR) is 86.2 cm³/mol. The van der Waals surface area contributed by atoms with Crippen LogP contribution in [0.2, 0.25) is 0 Å². The van der Waals surface area contributed by atoms with Crippen LogP contribution in [0, 0.1) is 20.8 Å². The molecule has 5 nitrogen and oxygen atoms in total. The Labute approximate surface area is 125 Å².